The molecule has 0 bridgehead atoms. The van der Waals surface area contributed by atoms with Crippen LogP contribution in [-0.4, -0.2) is 24.5 Å². The summed E-state index contributed by atoms with van der Waals surface area (Å²) >= 11 is 0. The number of para-hydroxylation sites is 2. The SMILES string of the molecule is c1ccc(-c2cccc(-c3nc(-c4ccc5c(c4)c4ccccc4n5-c4ccccc4)nc(-c4ccccc4-c4cccc5ccc6nc(-c7ccccc7)oc6c45)n3)c2)cc1. The van der Waals surface area contributed by atoms with Gasteiger partial charge in [0, 0.05) is 44.1 Å². The lowest BCUT2D eigenvalue weighted by Crippen LogP contribution is -2.01. The van der Waals surface area contributed by atoms with Gasteiger partial charge in [0.05, 0.1) is 11.0 Å². The first-order valence-electron chi connectivity index (χ1n) is 20.7. The molecule has 0 aliphatic heterocycles. The van der Waals surface area contributed by atoms with Gasteiger partial charge >= 0.3 is 0 Å². The lowest BCUT2D eigenvalue weighted by atomic mass is 9.93. The summed E-state index contributed by atoms with van der Waals surface area (Å²) in [4.78, 5) is 20.8. The molecule has 6 nitrogen and oxygen atoms in total. The lowest BCUT2D eigenvalue weighted by molar-refractivity contribution is 0.623. The van der Waals surface area contributed by atoms with Gasteiger partial charge in [-0.3, -0.25) is 0 Å². The Labute approximate surface area is 357 Å². The Morgan fingerprint density at radius 2 is 0.952 bits per heavy atom. The highest BCUT2D eigenvalue weighted by Crippen LogP contribution is 2.41. The normalized spacial score (nSPS) is 11.5. The first kappa shape index (κ1) is 35.5. The minimum atomic E-state index is 0.573. The molecule has 3 aromatic heterocycles. The predicted molar refractivity (Wildman–Crippen MR) is 252 cm³/mol. The Balaban J connectivity index is 1.08. The summed E-state index contributed by atoms with van der Waals surface area (Å²) in [6.45, 7) is 0. The van der Waals surface area contributed by atoms with E-state index in [2.05, 4.69) is 168 Å². The zero-order valence-corrected chi connectivity index (χ0v) is 33.4. The topological polar surface area (TPSA) is 69.6 Å². The van der Waals surface area contributed by atoms with Crippen molar-refractivity contribution in [2.75, 3.05) is 0 Å². The van der Waals surface area contributed by atoms with Crippen LogP contribution in [0.15, 0.2) is 217 Å². The zero-order chi connectivity index (χ0) is 41.0. The number of hydrogen-bond acceptors (Lipinski definition) is 5. The first-order valence-corrected chi connectivity index (χ1v) is 20.7. The number of oxazole rings is 1. The van der Waals surface area contributed by atoms with Crippen molar-refractivity contribution >= 4 is 43.7 Å². The maximum atomic E-state index is 6.62. The molecule has 0 fully saturated rings. The van der Waals surface area contributed by atoms with E-state index in [4.69, 9.17) is 24.4 Å². The van der Waals surface area contributed by atoms with Gasteiger partial charge in [-0.05, 0) is 88.3 Å². The lowest BCUT2D eigenvalue weighted by Gasteiger charge is -2.14. The monoisotopic (exact) mass is 793 g/mol. The molecule has 3 heterocycles. The molecule has 0 aliphatic carbocycles. The molecule has 0 saturated carbocycles. The molecule has 0 aliphatic rings. The van der Waals surface area contributed by atoms with Crippen molar-refractivity contribution in [1.82, 2.24) is 24.5 Å². The van der Waals surface area contributed by atoms with Crippen LogP contribution in [0.3, 0.4) is 0 Å². The van der Waals surface area contributed by atoms with Gasteiger partial charge in [0.1, 0.15) is 5.52 Å². The zero-order valence-electron chi connectivity index (χ0n) is 33.4. The number of aromatic nitrogens is 5. The number of hydrogen-bond donors (Lipinski definition) is 0. The molecule has 290 valence electrons. The second-order valence-electron chi connectivity index (χ2n) is 15.4. The third-order valence-corrected chi connectivity index (χ3v) is 11.7. The maximum Gasteiger partial charge on any atom is 0.227 e. The molecule has 0 amide bonds. The van der Waals surface area contributed by atoms with Crippen molar-refractivity contribution in [3.05, 3.63) is 212 Å². The predicted octanol–water partition coefficient (Wildman–Crippen LogP) is 14.3. The van der Waals surface area contributed by atoms with E-state index in [1.807, 2.05) is 48.5 Å². The Bertz CT molecular complexity index is 3630. The van der Waals surface area contributed by atoms with E-state index in [0.717, 1.165) is 93.9 Å². The minimum Gasteiger partial charge on any atom is -0.435 e. The van der Waals surface area contributed by atoms with Crippen LogP contribution in [0.1, 0.15) is 0 Å². The van der Waals surface area contributed by atoms with E-state index in [1.54, 1.807) is 0 Å². The average molecular weight is 794 g/mol. The van der Waals surface area contributed by atoms with Crippen LogP contribution >= 0.6 is 0 Å². The second-order valence-corrected chi connectivity index (χ2v) is 15.4. The first-order chi connectivity index (χ1) is 30.7. The van der Waals surface area contributed by atoms with Gasteiger partial charge in [-0.15, -0.1) is 0 Å². The van der Waals surface area contributed by atoms with E-state index in [0.29, 0.717) is 23.4 Å². The fourth-order valence-electron chi connectivity index (χ4n) is 8.79. The summed E-state index contributed by atoms with van der Waals surface area (Å²) in [5.74, 6) is 2.34. The summed E-state index contributed by atoms with van der Waals surface area (Å²) in [7, 11) is 0. The van der Waals surface area contributed by atoms with E-state index in [9.17, 15) is 0 Å². The molecule has 62 heavy (non-hydrogen) atoms. The van der Waals surface area contributed by atoms with Gasteiger partial charge in [0.15, 0.2) is 23.1 Å². The molecule has 12 rings (SSSR count). The third kappa shape index (κ3) is 6.04. The van der Waals surface area contributed by atoms with E-state index in [-0.39, 0.29) is 0 Å². The minimum absolute atomic E-state index is 0.573. The van der Waals surface area contributed by atoms with E-state index >= 15 is 0 Å². The van der Waals surface area contributed by atoms with Crippen molar-refractivity contribution in [1.29, 1.82) is 0 Å². The Morgan fingerprint density at radius 1 is 0.355 bits per heavy atom. The van der Waals surface area contributed by atoms with Crippen LogP contribution in [0.25, 0.3) is 117 Å². The number of nitrogens with zero attached hydrogens (tertiary/aromatic N) is 5. The van der Waals surface area contributed by atoms with Gasteiger partial charge in [-0.2, -0.15) is 0 Å². The van der Waals surface area contributed by atoms with Crippen LogP contribution in [0, 0.1) is 0 Å². The summed E-state index contributed by atoms with van der Waals surface area (Å²) in [6.07, 6.45) is 0. The van der Waals surface area contributed by atoms with Crippen LogP contribution in [0.4, 0.5) is 0 Å². The largest absolute Gasteiger partial charge is 0.435 e. The molecule has 0 spiro atoms. The van der Waals surface area contributed by atoms with Crippen molar-refractivity contribution in [2.24, 2.45) is 0 Å². The van der Waals surface area contributed by atoms with Crippen LogP contribution in [-0.2, 0) is 0 Å². The van der Waals surface area contributed by atoms with Crippen molar-refractivity contribution in [2.45, 2.75) is 0 Å². The van der Waals surface area contributed by atoms with E-state index in [1.165, 1.54) is 0 Å². The van der Waals surface area contributed by atoms with Crippen molar-refractivity contribution < 1.29 is 4.42 Å². The molecule has 0 unspecified atom stereocenters. The van der Waals surface area contributed by atoms with Gasteiger partial charge in [-0.1, -0.05) is 152 Å². The summed E-state index contributed by atoms with van der Waals surface area (Å²) in [6, 6.07) is 73.4. The molecule has 0 atom stereocenters. The highest BCUT2D eigenvalue weighted by Gasteiger charge is 2.21. The molecule has 0 saturated heterocycles. The molecule has 6 heteroatoms. The third-order valence-electron chi connectivity index (χ3n) is 11.7. The van der Waals surface area contributed by atoms with Crippen LogP contribution < -0.4 is 0 Å². The fraction of sp³-hybridized carbons (Fsp3) is 0. The Morgan fingerprint density at radius 3 is 1.76 bits per heavy atom. The molecular weight excluding hydrogens is 759 g/mol. The molecular formula is C56H35N5O. The number of benzene rings is 9. The van der Waals surface area contributed by atoms with Gasteiger partial charge in [0.2, 0.25) is 5.89 Å². The Hall–Kier alpha value is -8.48. The van der Waals surface area contributed by atoms with Gasteiger partial charge < -0.3 is 8.98 Å². The molecule has 12 aromatic rings. The second kappa shape index (κ2) is 14.7. The number of rotatable bonds is 7. The van der Waals surface area contributed by atoms with Gasteiger partial charge in [-0.25, -0.2) is 19.9 Å². The van der Waals surface area contributed by atoms with Gasteiger partial charge in [0.25, 0.3) is 0 Å². The highest BCUT2D eigenvalue weighted by atomic mass is 16.3. The number of fused-ring (bicyclic) bond motifs is 6. The molecule has 0 radical (unpaired) electrons. The molecule has 9 aromatic carbocycles. The van der Waals surface area contributed by atoms with Crippen LogP contribution in [0.5, 0.6) is 0 Å². The quantitative estimate of drug-likeness (QED) is 0.161. The van der Waals surface area contributed by atoms with Crippen molar-refractivity contribution in [3.63, 3.8) is 0 Å². The Kier molecular flexibility index (Phi) is 8.38. The fourth-order valence-corrected chi connectivity index (χ4v) is 8.79. The summed E-state index contributed by atoms with van der Waals surface area (Å²) < 4.78 is 8.94. The highest BCUT2D eigenvalue weighted by molar-refractivity contribution is 6.13. The summed E-state index contributed by atoms with van der Waals surface area (Å²) in [5.41, 5.74) is 12.7. The van der Waals surface area contributed by atoms with Crippen molar-refractivity contribution in [3.8, 4) is 73.6 Å². The standard InChI is InChI=1S/C56H35N5O/c1-4-16-36(17-5-1)39-21-14-22-40(34-39)53-58-54(41-31-33-50-47(35-41)44-26-12-13-29-49(44)61(50)42-23-8-3-9-24-42)60-55(59-53)46-27-11-10-25-43(46)45-28-15-20-37-30-32-48-52(51(37)45)62-56(57-48)38-18-6-2-7-19-38/h1-35H. The smallest absolute Gasteiger partial charge is 0.227 e. The molecule has 0 N–H and O–H groups in total. The summed E-state index contributed by atoms with van der Waals surface area (Å²) in [5, 5.41) is 4.32. The maximum absolute atomic E-state index is 6.62. The van der Waals surface area contributed by atoms with E-state index < -0.39 is 0 Å². The van der Waals surface area contributed by atoms with Crippen LogP contribution in [0.2, 0.25) is 0 Å². The average Bonchev–Trinajstić information content (AvgIpc) is 3.94.